The zero-order valence-corrected chi connectivity index (χ0v) is 24.1. The van der Waals surface area contributed by atoms with E-state index in [2.05, 4.69) is 20.7 Å². The summed E-state index contributed by atoms with van der Waals surface area (Å²) in [5.41, 5.74) is -1.44. The highest BCUT2D eigenvalue weighted by Gasteiger charge is 2.43. The molecule has 3 N–H and O–H groups in total. The minimum Gasteiger partial charge on any atom is -0.494 e. The maximum Gasteiger partial charge on any atom is 0.407 e. The second-order valence-electron chi connectivity index (χ2n) is 10.2. The van der Waals surface area contributed by atoms with E-state index in [1.54, 1.807) is 38.1 Å². The van der Waals surface area contributed by atoms with Crippen LogP contribution in [0.4, 0.5) is 23.2 Å². The zero-order valence-electron chi connectivity index (χ0n) is 24.1. The normalized spacial score (nSPS) is 14.8. The fraction of sp³-hybridized carbons (Fsp3) is 0.517. The lowest BCUT2D eigenvalue weighted by Crippen LogP contribution is -2.53. The first-order valence-electron chi connectivity index (χ1n) is 13.2. The van der Waals surface area contributed by atoms with Crippen molar-refractivity contribution in [2.45, 2.75) is 76.6 Å². The topological polar surface area (TPSA) is 97.9 Å². The van der Waals surface area contributed by atoms with Gasteiger partial charge < -0.3 is 24.8 Å². The molecule has 12 heteroatoms. The van der Waals surface area contributed by atoms with E-state index in [-0.39, 0.29) is 12.1 Å². The molecule has 0 saturated carbocycles. The molecule has 228 valence electrons. The highest BCUT2D eigenvalue weighted by Crippen LogP contribution is 2.34. The molecule has 0 heterocycles. The third-order valence-electron chi connectivity index (χ3n) is 6.23. The summed E-state index contributed by atoms with van der Waals surface area (Å²) in [6.45, 7) is 5.97. The van der Waals surface area contributed by atoms with Crippen molar-refractivity contribution in [3.05, 3.63) is 54.1 Å². The lowest BCUT2D eigenvalue weighted by molar-refractivity contribution is -0.161. The number of alkyl halides is 4. The van der Waals surface area contributed by atoms with Gasteiger partial charge in [-0.05, 0) is 44.9 Å². The second-order valence-corrected chi connectivity index (χ2v) is 10.2. The van der Waals surface area contributed by atoms with Gasteiger partial charge in [-0.3, -0.25) is 10.1 Å². The Bertz CT molecular complexity index is 1130. The number of amides is 1. The molecule has 0 fully saturated rings. The van der Waals surface area contributed by atoms with E-state index in [1.807, 2.05) is 0 Å². The van der Waals surface area contributed by atoms with Crippen LogP contribution in [0.3, 0.4) is 0 Å². The fourth-order valence-electron chi connectivity index (χ4n) is 4.08. The van der Waals surface area contributed by atoms with E-state index in [0.717, 1.165) is 0 Å². The lowest BCUT2D eigenvalue weighted by atomic mass is 9.97. The Morgan fingerprint density at radius 2 is 1.66 bits per heavy atom. The molecule has 2 aromatic rings. The van der Waals surface area contributed by atoms with E-state index in [0.29, 0.717) is 23.6 Å². The molecule has 0 aliphatic carbocycles. The molecule has 0 aliphatic rings. The summed E-state index contributed by atoms with van der Waals surface area (Å²) in [6, 6.07) is 7.86. The molecule has 0 spiro atoms. The van der Waals surface area contributed by atoms with Crippen LogP contribution in [-0.4, -0.2) is 62.7 Å². The van der Waals surface area contributed by atoms with Crippen LogP contribution >= 0.6 is 0 Å². The standard InChI is InChI=1S/C29H39F4N3O5/c1-7-20(17-34-22-14-13-21(15-24(22)39-5)41-18(2)27(38)40-6)35-26(37)23(16-28(3,4)30)36-25(29(31,32)33)19-11-9-8-10-12-19/h8-15,18,20,23,25,34,36H,7,16-17H2,1-6H3,(H,35,37)/t18?,20-,23-,25-/m0/s1. The Morgan fingerprint density at radius 3 is 2.20 bits per heavy atom. The minimum atomic E-state index is -4.72. The maximum atomic E-state index is 14.6. The molecule has 8 nitrogen and oxygen atoms in total. The average Bonchev–Trinajstić information content (AvgIpc) is 2.91. The van der Waals surface area contributed by atoms with Gasteiger partial charge in [0.2, 0.25) is 5.91 Å². The number of benzene rings is 2. The van der Waals surface area contributed by atoms with Crippen molar-refractivity contribution in [2.75, 3.05) is 26.1 Å². The number of halogens is 4. The van der Waals surface area contributed by atoms with Crippen molar-refractivity contribution in [3.63, 3.8) is 0 Å². The zero-order chi connectivity index (χ0) is 30.8. The number of carbonyl (C=O) groups is 2. The van der Waals surface area contributed by atoms with Crippen LogP contribution in [0.2, 0.25) is 0 Å². The number of anilines is 1. The Balaban J connectivity index is 2.16. The van der Waals surface area contributed by atoms with Crippen LogP contribution in [0.25, 0.3) is 0 Å². The molecule has 1 unspecified atom stereocenters. The van der Waals surface area contributed by atoms with E-state index in [4.69, 9.17) is 9.47 Å². The van der Waals surface area contributed by atoms with E-state index in [9.17, 15) is 27.2 Å². The van der Waals surface area contributed by atoms with Gasteiger partial charge in [0.05, 0.1) is 25.9 Å². The molecule has 0 aliphatic heterocycles. The van der Waals surface area contributed by atoms with Gasteiger partial charge in [0.1, 0.15) is 23.2 Å². The van der Waals surface area contributed by atoms with Crippen LogP contribution in [0.1, 0.15) is 52.1 Å². The summed E-state index contributed by atoms with van der Waals surface area (Å²) < 4.78 is 72.2. The quantitative estimate of drug-likeness (QED) is 0.192. The Kier molecular flexibility index (Phi) is 12.2. The highest BCUT2D eigenvalue weighted by molar-refractivity contribution is 5.82. The first-order valence-corrected chi connectivity index (χ1v) is 13.2. The first kappa shape index (κ1) is 33.7. The molecule has 0 bridgehead atoms. The number of rotatable bonds is 15. The monoisotopic (exact) mass is 585 g/mol. The molecular formula is C29H39F4N3O5. The van der Waals surface area contributed by atoms with Gasteiger partial charge in [-0.25, -0.2) is 9.18 Å². The van der Waals surface area contributed by atoms with Crippen molar-refractivity contribution < 1.29 is 41.4 Å². The van der Waals surface area contributed by atoms with Gasteiger partial charge in [-0.15, -0.1) is 0 Å². The summed E-state index contributed by atoms with van der Waals surface area (Å²) in [7, 11) is 2.71. The summed E-state index contributed by atoms with van der Waals surface area (Å²) >= 11 is 0. The van der Waals surface area contributed by atoms with Crippen molar-refractivity contribution in [3.8, 4) is 11.5 Å². The first-order chi connectivity index (χ1) is 19.2. The van der Waals surface area contributed by atoms with Gasteiger partial charge in [0.25, 0.3) is 0 Å². The maximum absolute atomic E-state index is 14.6. The van der Waals surface area contributed by atoms with Crippen LogP contribution < -0.4 is 25.4 Å². The van der Waals surface area contributed by atoms with Crippen LogP contribution in [0, 0.1) is 0 Å². The third kappa shape index (κ3) is 10.8. The highest BCUT2D eigenvalue weighted by atomic mass is 19.4. The fourth-order valence-corrected chi connectivity index (χ4v) is 4.08. The van der Waals surface area contributed by atoms with Crippen LogP contribution in [0.15, 0.2) is 48.5 Å². The van der Waals surface area contributed by atoms with Gasteiger partial charge in [-0.2, -0.15) is 13.2 Å². The summed E-state index contributed by atoms with van der Waals surface area (Å²) in [4.78, 5) is 24.9. The van der Waals surface area contributed by atoms with Crippen LogP contribution in [0.5, 0.6) is 11.5 Å². The predicted octanol–water partition coefficient (Wildman–Crippen LogP) is 5.34. The van der Waals surface area contributed by atoms with Gasteiger partial charge in [0.15, 0.2) is 6.10 Å². The molecule has 2 aromatic carbocycles. The lowest BCUT2D eigenvalue weighted by Gasteiger charge is -2.31. The van der Waals surface area contributed by atoms with Crippen LogP contribution in [-0.2, 0) is 14.3 Å². The Morgan fingerprint density at radius 1 is 1.00 bits per heavy atom. The summed E-state index contributed by atoms with van der Waals surface area (Å²) in [5.74, 6) is -0.523. The summed E-state index contributed by atoms with van der Waals surface area (Å²) in [6.07, 6.45) is -5.58. The van der Waals surface area contributed by atoms with Gasteiger partial charge in [-0.1, -0.05) is 37.3 Å². The molecule has 0 saturated heterocycles. The largest absolute Gasteiger partial charge is 0.494 e. The molecule has 1 amide bonds. The average molecular weight is 586 g/mol. The SMILES string of the molecule is CC[C@@H](CNc1ccc(OC(C)C(=O)OC)cc1OC)NC(=O)[C@H](CC(C)(C)F)N[C@@H](c1ccccc1)C(F)(F)F. The van der Waals surface area contributed by atoms with Crippen molar-refractivity contribution in [1.82, 2.24) is 10.6 Å². The Hall–Kier alpha value is -3.54. The molecule has 2 rings (SSSR count). The van der Waals surface area contributed by atoms with Crippen molar-refractivity contribution in [2.24, 2.45) is 0 Å². The second kappa shape index (κ2) is 14.9. The predicted molar refractivity (Wildman–Crippen MR) is 148 cm³/mol. The number of nitrogens with one attached hydrogen (secondary N) is 3. The number of ether oxygens (including phenoxy) is 3. The molecule has 0 aromatic heterocycles. The number of esters is 1. The van der Waals surface area contributed by atoms with Crippen molar-refractivity contribution in [1.29, 1.82) is 0 Å². The smallest absolute Gasteiger partial charge is 0.407 e. The molecule has 0 radical (unpaired) electrons. The number of methoxy groups -OCH3 is 2. The molecular weight excluding hydrogens is 546 g/mol. The molecule has 41 heavy (non-hydrogen) atoms. The summed E-state index contributed by atoms with van der Waals surface area (Å²) in [5, 5.41) is 8.26. The van der Waals surface area contributed by atoms with E-state index >= 15 is 0 Å². The number of carbonyl (C=O) groups excluding carboxylic acids is 2. The third-order valence-corrected chi connectivity index (χ3v) is 6.23. The number of hydrogen-bond donors (Lipinski definition) is 3. The van der Waals surface area contributed by atoms with E-state index in [1.165, 1.54) is 52.3 Å². The molecule has 4 atom stereocenters. The van der Waals surface area contributed by atoms with Gasteiger partial charge >= 0.3 is 12.1 Å². The Labute approximate surface area is 238 Å². The number of hydrogen-bond acceptors (Lipinski definition) is 7. The minimum absolute atomic E-state index is 0.0799. The van der Waals surface area contributed by atoms with Crippen molar-refractivity contribution >= 4 is 17.6 Å². The van der Waals surface area contributed by atoms with E-state index < -0.39 is 54.4 Å². The van der Waals surface area contributed by atoms with Gasteiger partial charge in [0, 0.05) is 25.1 Å².